The van der Waals surface area contributed by atoms with Crippen LogP contribution in [0.4, 0.5) is 15.9 Å². The van der Waals surface area contributed by atoms with Gasteiger partial charge in [-0.25, -0.2) is 14.4 Å². The summed E-state index contributed by atoms with van der Waals surface area (Å²) in [6, 6.07) is 5.63. The summed E-state index contributed by atoms with van der Waals surface area (Å²) in [7, 11) is 0. The fourth-order valence-electron chi connectivity index (χ4n) is 1.47. The van der Waals surface area contributed by atoms with Crippen molar-refractivity contribution >= 4 is 17.4 Å². The maximum atomic E-state index is 13.0. The van der Waals surface area contributed by atoms with E-state index in [1.54, 1.807) is 12.1 Å². The largest absolute Gasteiger partial charge is 0.365 e. The van der Waals surface area contributed by atoms with Gasteiger partial charge in [0.25, 0.3) is 5.91 Å². The fraction of sp³-hybridized carbons (Fsp3) is 0.0714. The van der Waals surface area contributed by atoms with Crippen LogP contribution in [-0.2, 0) is 0 Å². The molecule has 1 amide bonds. The predicted octanol–water partition coefficient (Wildman–Crippen LogP) is 2.47. The van der Waals surface area contributed by atoms with Crippen LogP contribution in [0, 0.1) is 5.82 Å². The summed E-state index contributed by atoms with van der Waals surface area (Å²) in [4.78, 5) is 19.9. The smallest absolute Gasteiger partial charge is 0.275 e. The lowest BCUT2D eigenvalue weighted by molar-refractivity contribution is 0.102. The Balaban J connectivity index is 2.03. The molecule has 0 atom stereocenters. The molecule has 0 bridgehead atoms. The maximum Gasteiger partial charge on any atom is 0.275 e. The number of nitrogens with zero attached hydrogens (tertiary/aromatic N) is 2. The Bertz CT molecular complexity index is 613. The van der Waals surface area contributed by atoms with Gasteiger partial charge in [0.05, 0.1) is 12.4 Å². The number of anilines is 2. The molecule has 5 nitrogen and oxygen atoms in total. The molecule has 102 valence electrons. The zero-order valence-corrected chi connectivity index (χ0v) is 10.6. The summed E-state index contributed by atoms with van der Waals surface area (Å²) in [5, 5.41) is 5.49. The van der Waals surface area contributed by atoms with Crippen molar-refractivity contribution in [1.29, 1.82) is 0 Å². The van der Waals surface area contributed by atoms with Crippen molar-refractivity contribution in [2.24, 2.45) is 0 Å². The second-order valence-electron chi connectivity index (χ2n) is 3.92. The summed E-state index contributed by atoms with van der Waals surface area (Å²) in [6.45, 7) is 4.13. The minimum absolute atomic E-state index is 0.151. The number of carbonyl (C=O) groups is 1. The minimum atomic E-state index is -0.446. The van der Waals surface area contributed by atoms with Gasteiger partial charge in [0.15, 0.2) is 0 Å². The van der Waals surface area contributed by atoms with Crippen LogP contribution in [0.1, 0.15) is 10.5 Å². The van der Waals surface area contributed by atoms with Crippen molar-refractivity contribution in [1.82, 2.24) is 9.97 Å². The average Bonchev–Trinajstić information content (AvgIpc) is 2.45. The number of hydrogen-bond acceptors (Lipinski definition) is 4. The number of nitrogens with one attached hydrogen (secondary N) is 2. The highest BCUT2D eigenvalue weighted by atomic mass is 19.1. The lowest BCUT2D eigenvalue weighted by atomic mass is 10.3. The first kappa shape index (κ1) is 13.7. The molecule has 2 rings (SSSR count). The number of rotatable bonds is 5. The monoisotopic (exact) mass is 272 g/mol. The SMILES string of the molecule is C=CCNc1cnc(C(=O)Nc2cccc(F)c2)cn1. The second-order valence-corrected chi connectivity index (χ2v) is 3.92. The van der Waals surface area contributed by atoms with Gasteiger partial charge < -0.3 is 10.6 Å². The molecule has 0 fully saturated rings. The lowest BCUT2D eigenvalue weighted by Crippen LogP contribution is -2.14. The highest BCUT2D eigenvalue weighted by molar-refractivity contribution is 6.02. The molecule has 0 unspecified atom stereocenters. The zero-order valence-electron chi connectivity index (χ0n) is 10.6. The molecule has 20 heavy (non-hydrogen) atoms. The van der Waals surface area contributed by atoms with Crippen LogP contribution < -0.4 is 10.6 Å². The van der Waals surface area contributed by atoms with Crippen molar-refractivity contribution in [3.63, 3.8) is 0 Å². The Labute approximate surface area is 115 Å². The average molecular weight is 272 g/mol. The summed E-state index contributed by atoms with van der Waals surface area (Å²) >= 11 is 0. The molecule has 1 aromatic carbocycles. The van der Waals surface area contributed by atoms with Gasteiger partial charge in [-0.05, 0) is 18.2 Å². The highest BCUT2D eigenvalue weighted by Crippen LogP contribution is 2.10. The van der Waals surface area contributed by atoms with Crippen LogP contribution in [0.15, 0.2) is 49.3 Å². The summed E-state index contributed by atoms with van der Waals surface area (Å²) < 4.78 is 13.0. The molecule has 0 aliphatic heterocycles. The molecular formula is C14H13FN4O. The van der Waals surface area contributed by atoms with E-state index in [1.165, 1.54) is 30.6 Å². The Hall–Kier alpha value is -2.76. The Kier molecular flexibility index (Phi) is 4.39. The third-order valence-electron chi connectivity index (χ3n) is 2.39. The van der Waals surface area contributed by atoms with E-state index >= 15 is 0 Å². The first-order chi connectivity index (χ1) is 9.69. The quantitative estimate of drug-likeness (QED) is 0.820. The molecule has 0 radical (unpaired) electrons. The molecule has 6 heteroatoms. The first-order valence-corrected chi connectivity index (χ1v) is 5.93. The van der Waals surface area contributed by atoms with E-state index in [-0.39, 0.29) is 5.69 Å². The molecule has 2 aromatic rings. The molecule has 1 aromatic heterocycles. The standard InChI is InChI=1S/C14H13FN4O/c1-2-6-16-13-9-17-12(8-18-13)14(20)19-11-5-3-4-10(15)7-11/h2-5,7-9H,1,6H2,(H,16,18)(H,19,20). The van der Waals surface area contributed by atoms with Crippen molar-refractivity contribution in [2.45, 2.75) is 0 Å². The van der Waals surface area contributed by atoms with Crippen molar-refractivity contribution in [3.8, 4) is 0 Å². The van der Waals surface area contributed by atoms with Gasteiger partial charge in [0.1, 0.15) is 17.3 Å². The molecule has 0 aliphatic rings. The van der Waals surface area contributed by atoms with Gasteiger partial charge in [-0.3, -0.25) is 4.79 Å². The van der Waals surface area contributed by atoms with Crippen LogP contribution in [-0.4, -0.2) is 22.4 Å². The van der Waals surface area contributed by atoms with E-state index in [4.69, 9.17) is 0 Å². The first-order valence-electron chi connectivity index (χ1n) is 5.93. The van der Waals surface area contributed by atoms with E-state index in [1.807, 2.05) is 0 Å². The molecular weight excluding hydrogens is 259 g/mol. The number of carbonyl (C=O) groups excluding carboxylic acids is 1. The van der Waals surface area contributed by atoms with Gasteiger partial charge in [-0.1, -0.05) is 12.1 Å². The predicted molar refractivity (Wildman–Crippen MR) is 75.1 cm³/mol. The molecule has 0 aliphatic carbocycles. The number of halogens is 1. The van der Waals surface area contributed by atoms with E-state index in [0.29, 0.717) is 18.1 Å². The van der Waals surface area contributed by atoms with Crippen LogP contribution in [0.5, 0.6) is 0 Å². The lowest BCUT2D eigenvalue weighted by Gasteiger charge is -2.05. The zero-order chi connectivity index (χ0) is 14.4. The number of hydrogen-bond donors (Lipinski definition) is 2. The molecule has 0 spiro atoms. The van der Waals surface area contributed by atoms with Crippen LogP contribution in [0.25, 0.3) is 0 Å². The third-order valence-corrected chi connectivity index (χ3v) is 2.39. The second kappa shape index (κ2) is 6.42. The third kappa shape index (κ3) is 3.61. The summed E-state index contributed by atoms with van der Waals surface area (Å²) in [5.74, 6) is -0.316. The van der Waals surface area contributed by atoms with Crippen LogP contribution in [0.2, 0.25) is 0 Å². The molecule has 0 saturated heterocycles. The van der Waals surface area contributed by atoms with Gasteiger partial charge in [0, 0.05) is 12.2 Å². The Morgan fingerprint density at radius 3 is 2.85 bits per heavy atom. The van der Waals surface area contributed by atoms with Crippen molar-refractivity contribution in [2.75, 3.05) is 17.2 Å². The van der Waals surface area contributed by atoms with E-state index in [9.17, 15) is 9.18 Å². The Morgan fingerprint density at radius 2 is 2.20 bits per heavy atom. The van der Waals surface area contributed by atoms with Gasteiger partial charge >= 0.3 is 0 Å². The maximum absolute atomic E-state index is 13.0. The number of aromatic nitrogens is 2. The fourth-order valence-corrected chi connectivity index (χ4v) is 1.47. The normalized spacial score (nSPS) is 9.85. The minimum Gasteiger partial charge on any atom is -0.365 e. The van der Waals surface area contributed by atoms with Gasteiger partial charge in [-0.15, -0.1) is 6.58 Å². The topological polar surface area (TPSA) is 66.9 Å². The highest BCUT2D eigenvalue weighted by Gasteiger charge is 2.08. The summed E-state index contributed by atoms with van der Waals surface area (Å²) in [6.07, 6.45) is 4.48. The van der Waals surface area contributed by atoms with Gasteiger partial charge in [0.2, 0.25) is 0 Å². The van der Waals surface area contributed by atoms with Crippen molar-refractivity contribution in [3.05, 3.63) is 60.8 Å². The van der Waals surface area contributed by atoms with Crippen molar-refractivity contribution < 1.29 is 9.18 Å². The van der Waals surface area contributed by atoms with E-state index in [2.05, 4.69) is 27.2 Å². The number of amides is 1. The van der Waals surface area contributed by atoms with E-state index in [0.717, 1.165) is 0 Å². The van der Waals surface area contributed by atoms with Crippen LogP contribution in [0.3, 0.4) is 0 Å². The Morgan fingerprint density at radius 1 is 1.35 bits per heavy atom. The number of benzene rings is 1. The molecule has 0 saturated carbocycles. The van der Waals surface area contributed by atoms with E-state index < -0.39 is 11.7 Å². The molecule has 1 heterocycles. The van der Waals surface area contributed by atoms with Gasteiger partial charge in [-0.2, -0.15) is 0 Å². The summed E-state index contributed by atoms with van der Waals surface area (Å²) in [5.41, 5.74) is 0.518. The molecule has 2 N–H and O–H groups in total. The van der Waals surface area contributed by atoms with Crippen LogP contribution >= 0.6 is 0 Å².